The summed E-state index contributed by atoms with van der Waals surface area (Å²) in [6, 6.07) is 6.37. The molecule has 2 aromatic heterocycles. The van der Waals surface area contributed by atoms with Crippen LogP contribution in [0.15, 0.2) is 23.0 Å². The SMILES string of the molecule is CCOC(=O)Cn1nnnc1[C@H](CC)N(Cc1cc2ccc(C)c(C)c2[nH]c1=O)C1CCCCC1. The molecule has 1 N–H and O–H groups in total. The van der Waals surface area contributed by atoms with Gasteiger partial charge in [-0.3, -0.25) is 14.5 Å². The summed E-state index contributed by atoms with van der Waals surface area (Å²) in [5.74, 6) is 0.270. The Hall–Kier alpha value is -3.07. The van der Waals surface area contributed by atoms with Gasteiger partial charge in [-0.25, -0.2) is 4.68 Å². The average Bonchev–Trinajstić information content (AvgIpc) is 3.30. The lowest BCUT2D eigenvalue weighted by Crippen LogP contribution is -2.41. The van der Waals surface area contributed by atoms with Crippen molar-refractivity contribution in [3.05, 3.63) is 51.1 Å². The summed E-state index contributed by atoms with van der Waals surface area (Å²) in [7, 11) is 0. The van der Waals surface area contributed by atoms with Gasteiger partial charge < -0.3 is 9.72 Å². The highest BCUT2D eigenvalue weighted by atomic mass is 16.5. The number of aromatic nitrogens is 5. The van der Waals surface area contributed by atoms with Crippen LogP contribution in [0.5, 0.6) is 0 Å². The highest BCUT2D eigenvalue weighted by molar-refractivity contribution is 5.83. The van der Waals surface area contributed by atoms with Gasteiger partial charge in [-0.1, -0.05) is 38.3 Å². The van der Waals surface area contributed by atoms with E-state index < -0.39 is 0 Å². The molecule has 0 spiro atoms. The van der Waals surface area contributed by atoms with Crippen molar-refractivity contribution < 1.29 is 9.53 Å². The Balaban J connectivity index is 1.71. The van der Waals surface area contributed by atoms with Crippen LogP contribution >= 0.6 is 0 Å². The van der Waals surface area contributed by atoms with Crippen molar-refractivity contribution in [2.75, 3.05) is 6.61 Å². The second-order valence-electron chi connectivity index (χ2n) is 9.48. The third kappa shape index (κ3) is 5.45. The number of tetrazole rings is 1. The molecule has 35 heavy (non-hydrogen) atoms. The van der Waals surface area contributed by atoms with Gasteiger partial charge in [0.05, 0.1) is 18.2 Å². The van der Waals surface area contributed by atoms with Crippen molar-refractivity contribution in [3.63, 3.8) is 0 Å². The van der Waals surface area contributed by atoms with E-state index in [1.165, 1.54) is 6.42 Å². The summed E-state index contributed by atoms with van der Waals surface area (Å²) in [5.41, 5.74) is 3.82. The Labute approximate surface area is 205 Å². The van der Waals surface area contributed by atoms with Crippen molar-refractivity contribution in [2.24, 2.45) is 0 Å². The maximum Gasteiger partial charge on any atom is 0.327 e. The van der Waals surface area contributed by atoms with Gasteiger partial charge >= 0.3 is 5.97 Å². The van der Waals surface area contributed by atoms with Crippen molar-refractivity contribution in [2.45, 2.75) is 91.4 Å². The first-order valence-corrected chi connectivity index (χ1v) is 12.7. The number of carbonyl (C=O) groups is 1. The number of carbonyl (C=O) groups excluding carboxylic acids is 1. The van der Waals surface area contributed by atoms with Crippen LogP contribution in [0.25, 0.3) is 10.9 Å². The van der Waals surface area contributed by atoms with E-state index in [1.54, 1.807) is 11.6 Å². The molecule has 0 bridgehead atoms. The summed E-state index contributed by atoms with van der Waals surface area (Å²) < 4.78 is 6.66. The summed E-state index contributed by atoms with van der Waals surface area (Å²) in [6.07, 6.45) is 6.45. The zero-order valence-electron chi connectivity index (χ0n) is 21.2. The van der Waals surface area contributed by atoms with E-state index in [0.29, 0.717) is 25.0 Å². The van der Waals surface area contributed by atoms with Crippen LogP contribution in [0, 0.1) is 13.8 Å². The van der Waals surface area contributed by atoms with Crippen LogP contribution < -0.4 is 5.56 Å². The smallest absolute Gasteiger partial charge is 0.327 e. The zero-order chi connectivity index (χ0) is 24.9. The molecule has 9 heteroatoms. The van der Waals surface area contributed by atoms with Gasteiger partial charge in [-0.05, 0) is 73.0 Å². The van der Waals surface area contributed by atoms with Crippen molar-refractivity contribution in [1.29, 1.82) is 0 Å². The Kier molecular flexibility index (Phi) is 7.95. The molecule has 0 amide bonds. The number of aromatic amines is 1. The standard InChI is InChI=1S/C26H36N6O3/c1-5-22(25-28-29-30-32(25)16-23(33)35-6-2)31(21-10-8-7-9-11-21)15-20-14-19-13-12-17(3)18(4)24(19)27-26(20)34/h12-14,21-22H,5-11,15-16H2,1-4H3,(H,27,34)/t22-/m0/s1. The minimum atomic E-state index is -0.364. The number of fused-ring (bicyclic) bond motifs is 1. The van der Waals surface area contributed by atoms with Crippen LogP contribution in [-0.2, 0) is 22.6 Å². The molecule has 9 nitrogen and oxygen atoms in total. The number of H-pyrrole nitrogens is 1. The van der Waals surface area contributed by atoms with E-state index in [9.17, 15) is 9.59 Å². The van der Waals surface area contributed by atoms with Crippen LogP contribution in [0.3, 0.4) is 0 Å². The first-order chi connectivity index (χ1) is 16.9. The fourth-order valence-electron chi connectivity index (χ4n) is 5.25. The van der Waals surface area contributed by atoms with Gasteiger partial charge in [0.1, 0.15) is 6.54 Å². The van der Waals surface area contributed by atoms with Gasteiger partial charge in [0.2, 0.25) is 0 Å². The average molecular weight is 481 g/mol. The number of aryl methyl sites for hydroxylation is 2. The molecule has 2 heterocycles. The molecule has 0 radical (unpaired) electrons. The van der Waals surface area contributed by atoms with Gasteiger partial charge in [0.15, 0.2) is 5.82 Å². The predicted molar refractivity (Wildman–Crippen MR) is 134 cm³/mol. The number of rotatable bonds is 9. The third-order valence-electron chi connectivity index (χ3n) is 7.25. The van der Waals surface area contributed by atoms with E-state index in [-0.39, 0.29) is 24.1 Å². The fourth-order valence-corrected chi connectivity index (χ4v) is 5.25. The van der Waals surface area contributed by atoms with Gasteiger partial charge in [0, 0.05) is 18.2 Å². The second kappa shape index (κ2) is 11.1. The van der Waals surface area contributed by atoms with E-state index in [1.807, 2.05) is 13.0 Å². The minimum absolute atomic E-state index is 0.0274. The predicted octanol–water partition coefficient (Wildman–Crippen LogP) is 3.98. The zero-order valence-corrected chi connectivity index (χ0v) is 21.2. The third-order valence-corrected chi connectivity index (χ3v) is 7.25. The number of ether oxygens (including phenoxy) is 1. The first-order valence-electron chi connectivity index (χ1n) is 12.7. The minimum Gasteiger partial charge on any atom is -0.465 e. The molecule has 3 aromatic rings. The lowest BCUT2D eigenvalue weighted by atomic mass is 9.92. The monoisotopic (exact) mass is 480 g/mol. The van der Waals surface area contributed by atoms with Gasteiger partial charge in [-0.2, -0.15) is 0 Å². The van der Waals surface area contributed by atoms with Crippen LogP contribution in [-0.4, -0.2) is 48.7 Å². The molecule has 4 rings (SSSR count). The lowest BCUT2D eigenvalue weighted by Gasteiger charge is -2.39. The molecule has 1 atom stereocenters. The number of pyridine rings is 1. The molecular weight excluding hydrogens is 444 g/mol. The van der Waals surface area contributed by atoms with Crippen LogP contribution in [0.2, 0.25) is 0 Å². The molecule has 0 saturated heterocycles. The number of hydrogen-bond acceptors (Lipinski definition) is 7. The Morgan fingerprint density at radius 2 is 2.00 bits per heavy atom. The van der Waals surface area contributed by atoms with Gasteiger partial charge in [-0.15, -0.1) is 5.10 Å². The van der Waals surface area contributed by atoms with Crippen molar-refractivity contribution in [1.82, 2.24) is 30.1 Å². The molecule has 1 aliphatic rings. The summed E-state index contributed by atoms with van der Waals surface area (Å²) in [6.45, 7) is 8.75. The summed E-state index contributed by atoms with van der Waals surface area (Å²) in [5, 5.41) is 13.3. The maximum atomic E-state index is 13.2. The number of benzene rings is 1. The molecule has 0 aliphatic heterocycles. The highest BCUT2D eigenvalue weighted by Gasteiger charge is 2.32. The summed E-state index contributed by atoms with van der Waals surface area (Å²) in [4.78, 5) is 30.9. The summed E-state index contributed by atoms with van der Waals surface area (Å²) >= 11 is 0. The van der Waals surface area contributed by atoms with E-state index >= 15 is 0 Å². The van der Waals surface area contributed by atoms with Crippen molar-refractivity contribution in [3.8, 4) is 0 Å². The lowest BCUT2D eigenvalue weighted by molar-refractivity contribution is -0.144. The number of nitrogens with zero attached hydrogens (tertiary/aromatic N) is 5. The quantitative estimate of drug-likeness (QED) is 0.462. The Bertz CT molecular complexity index is 1230. The molecule has 1 aliphatic carbocycles. The second-order valence-corrected chi connectivity index (χ2v) is 9.48. The number of hydrogen-bond donors (Lipinski definition) is 1. The number of nitrogens with one attached hydrogen (secondary N) is 1. The van der Waals surface area contributed by atoms with Gasteiger partial charge in [0.25, 0.3) is 5.56 Å². The topological polar surface area (TPSA) is 106 Å². The molecular formula is C26H36N6O3. The Morgan fingerprint density at radius 1 is 1.23 bits per heavy atom. The molecule has 0 unspecified atom stereocenters. The first kappa shape index (κ1) is 25.0. The molecule has 188 valence electrons. The largest absolute Gasteiger partial charge is 0.465 e. The normalized spacial score (nSPS) is 15.6. The van der Waals surface area contributed by atoms with E-state index in [0.717, 1.165) is 59.7 Å². The Morgan fingerprint density at radius 3 is 2.71 bits per heavy atom. The molecule has 1 aromatic carbocycles. The fraction of sp³-hybridized carbons (Fsp3) is 0.577. The number of esters is 1. The molecule has 1 saturated carbocycles. The van der Waals surface area contributed by atoms with Crippen molar-refractivity contribution >= 4 is 16.9 Å². The van der Waals surface area contributed by atoms with E-state index in [2.05, 4.69) is 51.4 Å². The van der Waals surface area contributed by atoms with Crippen LogP contribution in [0.4, 0.5) is 0 Å². The maximum absolute atomic E-state index is 13.2. The van der Waals surface area contributed by atoms with Crippen LogP contribution in [0.1, 0.15) is 80.9 Å². The highest BCUT2D eigenvalue weighted by Crippen LogP contribution is 2.33. The van der Waals surface area contributed by atoms with E-state index in [4.69, 9.17) is 4.74 Å². The molecule has 1 fully saturated rings.